The number of hydrogen-bond acceptors (Lipinski definition) is 5. The lowest BCUT2D eigenvalue weighted by Gasteiger charge is -2.16. The Morgan fingerprint density at radius 3 is 2.47 bits per heavy atom. The summed E-state index contributed by atoms with van der Waals surface area (Å²) >= 11 is 0. The molecule has 0 aromatic heterocycles. The van der Waals surface area contributed by atoms with Crippen LogP contribution in [0.3, 0.4) is 0 Å². The number of benzene rings is 2. The number of rotatable bonds is 10. The van der Waals surface area contributed by atoms with Crippen molar-refractivity contribution < 1.29 is 23.9 Å². The summed E-state index contributed by atoms with van der Waals surface area (Å²) in [5.74, 6) is -0.452. The standard InChI is InChI=1S/C22H27N3O5/c1-15-8-9-19(16(2)12-15)29-11-10-24-20(26)14-30-21(27)18(25-22(23)28)13-17-6-4-3-5-7-17/h3-9,12,18H,10-11,13-14H2,1-2H3,(H,24,26)(H3,23,25,28)/t18-/m0/s1. The molecule has 4 N–H and O–H groups in total. The molecule has 160 valence electrons. The van der Waals surface area contributed by atoms with Gasteiger partial charge in [0.1, 0.15) is 18.4 Å². The van der Waals surface area contributed by atoms with E-state index in [2.05, 4.69) is 10.6 Å². The minimum atomic E-state index is -0.981. The molecule has 0 aliphatic carbocycles. The van der Waals surface area contributed by atoms with Crippen LogP contribution in [0.15, 0.2) is 48.5 Å². The van der Waals surface area contributed by atoms with Crippen LogP contribution in [0.25, 0.3) is 0 Å². The summed E-state index contributed by atoms with van der Waals surface area (Å²) in [7, 11) is 0. The van der Waals surface area contributed by atoms with Crippen LogP contribution in [-0.2, 0) is 20.7 Å². The van der Waals surface area contributed by atoms with Crippen molar-refractivity contribution in [2.75, 3.05) is 19.8 Å². The molecule has 2 aromatic rings. The van der Waals surface area contributed by atoms with Crippen LogP contribution in [0, 0.1) is 13.8 Å². The number of nitrogens with one attached hydrogen (secondary N) is 2. The van der Waals surface area contributed by atoms with Crippen LogP contribution in [-0.4, -0.2) is 43.7 Å². The Morgan fingerprint density at radius 2 is 1.80 bits per heavy atom. The summed E-state index contributed by atoms with van der Waals surface area (Å²) < 4.78 is 10.7. The average Bonchev–Trinajstić information content (AvgIpc) is 2.70. The molecule has 1 atom stereocenters. The van der Waals surface area contributed by atoms with E-state index in [0.29, 0.717) is 0 Å². The molecule has 0 aliphatic heterocycles. The molecule has 0 radical (unpaired) electrons. The predicted molar refractivity (Wildman–Crippen MR) is 112 cm³/mol. The summed E-state index contributed by atoms with van der Waals surface area (Å²) in [4.78, 5) is 35.4. The lowest BCUT2D eigenvalue weighted by atomic mass is 10.1. The Hall–Kier alpha value is -3.55. The lowest BCUT2D eigenvalue weighted by Crippen LogP contribution is -2.46. The molecule has 0 saturated carbocycles. The summed E-state index contributed by atoms with van der Waals surface area (Å²) in [6.45, 7) is 4.03. The maximum absolute atomic E-state index is 12.3. The highest BCUT2D eigenvalue weighted by atomic mass is 16.5. The summed E-state index contributed by atoms with van der Waals surface area (Å²) in [6, 6.07) is 13.1. The van der Waals surface area contributed by atoms with Gasteiger partial charge in [-0.1, -0.05) is 48.0 Å². The van der Waals surface area contributed by atoms with Crippen LogP contribution in [0.1, 0.15) is 16.7 Å². The molecule has 0 unspecified atom stereocenters. The quantitative estimate of drug-likeness (QED) is 0.404. The van der Waals surface area contributed by atoms with Crippen molar-refractivity contribution in [1.82, 2.24) is 10.6 Å². The number of carbonyl (C=O) groups excluding carboxylic acids is 3. The second-order valence-electron chi connectivity index (χ2n) is 6.83. The Kier molecular flexibility index (Phi) is 8.68. The molecule has 0 heterocycles. The van der Waals surface area contributed by atoms with Crippen LogP contribution in [0.2, 0.25) is 0 Å². The first kappa shape index (κ1) is 22.7. The molecule has 2 aromatic carbocycles. The van der Waals surface area contributed by atoms with Crippen molar-refractivity contribution in [1.29, 1.82) is 0 Å². The normalized spacial score (nSPS) is 11.3. The molecule has 8 nitrogen and oxygen atoms in total. The maximum atomic E-state index is 12.3. The molecule has 2 rings (SSSR count). The van der Waals surface area contributed by atoms with E-state index >= 15 is 0 Å². The van der Waals surface area contributed by atoms with Gasteiger partial charge in [-0.15, -0.1) is 0 Å². The van der Waals surface area contributed by atoms with Crippen molar-refractivity contribution in [2.45, 2.75) is 26.3 Å². The number of urea groups is 1. The van der Waals surface area contributed by atoms with Crippen molar-refractivity contribution in [3.63, 3.8) is 0 Å². The van der Waals surface area contributed by atoms with E-state index < -0.39 is 30.6 Å². The molecule has 0 aliphatic rings. The number of aryl methyl sites for hydroxylation is 2. The van der Waals surface area contributed by atoms with E-state index in [9.17, 15) is 14.4 Å². The zero-order valence-electron chi connectivity index (χ0n) is 17.1. The maximum Gasteiger partial charge on any atom is 0.329 e. The number of carbonyl (C=O) groups is 3. The van der Waals surface area contributed by atoms with E-state index in [4.69, 9.17) is 15.2 Å². The van der Waals surface area contributed by atoms with Gasteiger partial charge in [0.25, 0.3) is 5.91 Å². The Labute approximate surface area is 175 Å². The number of esters is 1. The fourth-order valence-corrected chi connectivity index (χ4v) is 2.82. The van der Waals surface area contributed by atoms with Gasteiger partial charge in [-0.05, 0) is 31.0 Å². The van der Waals surface area contributed by atoms with Gasteiger partial charge in [0, 0.05) is 6.42 Å². The molecular formula is C22H27N3O5. The van der Waals surface area contributed by atoms with Gasteiger partial charge < -0.3 is 25.8 Å². The molecule has 0 saturated heterocycles. The van der Waals surface area contributed by atoms with Gasteiger partial charge in [0.15, 0.2) is 6.61 Å². The minimum Gasteiger partial charge on any atom is -0.491 e. The molecular weight excluding hydrogens is 386 g/mol. The Bertz CT molecular complexity index is 870. The van der Waals surface area contributed by atoms with E-state index in [1.165, 1.54) is 0 Å². The van der Waals surface area contributed by atoms with Crippen LogP contribution in [0.5, 0.6) is 5.75 Å². The summed E-state index contributed by atoms with van der Waals surface area (Å²) in [5.41, 5.74) is 8.12. The topological polar surface area (TPSA) is 120 Å². The highest BCUT2D eigenvalue weighted by molar-refractivity contribution is 5.85. The highest BCUT2D eigenvalue weighted by Gasteiger charge is 2.22. The average molecular weight is 413 g/mol. The fourth-order valence-electron chi connectivity index (χ4n) is 2.82. The summed E-state index contributed by atoms with van der Waals surface area (Å²) in [6.07, 6.45) is 0.202. The first-order valence-corrected chi connectivity index (χ1v) is 9.58. The first-order chi connectivity index (χ1) is 14.3. The van der Waals surface area contributed by atoms with Gasteiger partial charge >= 0.3 is 12.0 Å². The number of amides is 3. The smallest absolute Gasteiger partial charge is 0.329 e. The van der Waals surface area contributed by atoms with Gasteiger partial charge in [-0.2, -0.15) is 0 Å². The second kappa shape index (κ2) is 11.5. The van der Waals surface area contributed by atoms with Gasteiger partial charge in [-0.3, -0.25) is 4.79 Å². The molecule has 0 bridgehead atoms. The van der Waals surface area contributed by atoms with Gasteiger partial charge in [0.05, 0.1) is 6.54 Å². The van der Waals surface area contributed by atoms with Crippen molar-refractivity contribution in [2.24, 2.45) is 5.73 Å². The van der Waals surface area contributed by atoms with Crippen LogP contribution in [0.4, 0.5) is 4.79 Å². The molecule has 0 spiro atoms. The summed E-state index contributed by atoms with van der Waals surface area (Å²) in [5, 5.41) is 4.96. The minimum absolute atomic E-state index is 0.202. The van der Waals surface area contributed by atoms with Crippen molar-refractivity contribution >= 4 is 17.9 Å². The third kappa shape index (κ3) is 7.83. The third-order valence-corrected chi connectivity index (χ3v) is 4.24. The Morgan fingerprint density at radius 1 is 1.07 bits per heavy atom. The SMILES string of the molecule is Cc1ccc(OCCNC(=O)COC(=O)[C@H](Cc2ccccc2)NC(N)=O)c(C)c1. The predicted octanol–water partition coefficient (Wildman–Crippen LogP) is 1.62. The highest BCUT2D eigenvalue weighted by Crippen LogP contribution is 2.18. The second-order valence-corrected chi connectivity index (χ2v) is 6.83. The first-order valence-electron chi connectivity index (χ1n) is 9.58. The lowest BCUT2D eigenvalue weighted by molar-refractivity contribution is -0.150. The van der Waals surface area contributed by atoms with E-state index in [-0.39, 0.29) is 19.6 Å². The third-order valence-electron chi connectivity index (χ3n) is 4.24. The van der Waals surface area contributed by atoms with Crippen LogP contribution >= 0.6 is 0 Å². The molecule has 3 amide bonds. The van der Waals surface area contributed by atoms with Crippen molar-refractivity contribution in [3.05, 3.63) is 65.2 Å². The van der Waals surface area contributed by atoms with Gasteiger partial charge in [0.2, 0.25) is 0 Å². The van der Waals surface area contributed by atoms with Gasteiger partial charge in [-0.25, -0.2) is 9.59 Å². The molecule has 30 heavy (non-hydrogen) atoms. The molecule has 0 fully saturated rings. The Balaban J connectivity index is 1.74. The fraction of sp³-hybridized carbons (Fsp3) is 0.318. The number of hydrogen-bond donors (Lipinski definition) is 3. The number of primary amides is 1. The molecule has 8 heteroatoms. The van der Waals surface area contributed by atoms with E-state index in [0.717, 1.165) is 22.4 Å². The monoisotopic (exact) mass is 413 g/mol. The zero-order chi connectivity index (χ0) is 21.9. The number of nitrogens with two attached hydrogens (primary N) is 1. The van der Waals surface area contributed by atoms with E-state index in [1.807, 2.05) is 62.4 Å². The largest absolute Gasteiger partial charge is 0.491 e. The van der Waals surface area contributed by atoms with Crippen molar-refractivity contribution in [3.8, 4) is 5.75 Å². The van der Waals surface area contributed by atoms with Crippen LogP contribution < -0.4 is 21.1 Å². The van der Waals surface area contributed by atoms with E-state index in [1.54, 1.807) is 0 Å². The zero-order valence-corrected chi connectivity index (χ0v) is 17.1. The number of ether oxygens (including phenoxy) is 2.